The van der Waals surface area contributed by atoms with Crippen LogP contribution in [-0.4, -0.2) is 16.0 Å². The van der Waals surface area contributed by atoms with Gasteiger partial charge >= 0.3 is 5.97 Å². The van der Waals surface area contributed by atoms with Crippen molar-refractivity contribution in [3.05, 3.63) is 45.7 Å². The van der Waals surface area contributed by atoms with Crippen LogP contribution in [0.5, 0.6) is 0 Å². The first-order valence-electron chi connectivity index (χ1n) is 5.28. The van der Waals surface area contributed by atoms with Crippen LogP contribution in [-0.2, 0) is 0 Å². The third-order valence-electron chi connectivity index (χ3n) is 2.63. The molecule has 0 bridgehead atoms. The molecule has 0 amide bonds. The SMILES string of the molecule is Cc1oc(-c2ccc(N)cc2[N+](=O)[O-])cc1C(=O)O. The maximum Gasteiger partial charge on any atom is 0.339 e. The first-order chi connectivity index (χ1) is 8.90. The Morgan fingerprint density at radius 1 is 1.42 bits per heavy atom. The lowest BCUT2D eigenvalue weighted by atomic mass is 10.1. The number of aromatic carboxylic acids is 1. The Balaban J connectivity index is 2.62. The van der Waals surface area contributed by atoms with E-state index < -0.39 is 10.9 Å². The summed E-state index contributed by atoms with van der Waals surface area (Å²) in [4.78, 5) is 21.3. The van der Waals surface area contributed by atoms with E-state index in [1.807, 2.05) is 0 Å². The van der Waals surface area contributed by atoms with Crippen molar-refractivity contribution >= 4 is 17.3 Å². The molecule has 1 heterocycles. The number of hydrogen-bond donors (Lipinski definition) is 2. The quantitative estimate of drug-likeness (QED) is 0.498. The maximum absolute atomic E-state index is 11.0. The molecule has 1 aromatic heterocycles. The average Bonchev–Trinajstić information content (AvgIpc) is 2.71. The second kappa shape index (κ2) is 4.45. The molecule has 0 aliphatic rings. The summed E-state index contributed by atoms with van der Waals surface area (Å²) in [6.45, 7) is 1.48. The zero-order chi connectivity index (χ0) is 14.2. The van der Waals surface area contributed by atoms with Gasteiger partial charge in [-0.25, -0.2) is 4.79 Å². The van der Waals surface area contributed by atoms with Gasteiger partial charge in [0, 0.05) is 11.8 Å². The van der Waals surface area contributed by atoms with Crippen LogP contribution in [0.3, 0.4) is 0 Å². The maximum atomic E-state index is 11.0. The Labute approximate surface area is 107 Å². The summed E-state index contributed by atoms with van der Waals surface area (Å²) in [7, 11) is 0. The van der Waals surface area contributed by atoms with E-state index >= 15 is 0 Å². The summed E-state index contributed by atoms with van der Waals surface area (Å²) in [6.07, 6.45) is 0. The molecule has 98 valence electrons. The van der Waals surface area contributed by atoms with Crippen molar-refractivity contribution in [3.63, 3.8) is 0 Å². The van der Waals surface area contributed by atoms with E-state index in [-0.39, 0.29) is 34.0 Å². The molecule has 7 nitrogen and oxygen atoms in total. The molecule has 0 saturated heterocycles. The van der Waals surface area contributed by atoms with Gasteiger partial charge in [0.2, 0.25) is 0 Å². The minimum absolute atomic E-state index is 0.0267. The zero-order valence-corrected chi connectivity index (χ0v) is 9.91. The van der Waals surface area contributed by atoms with Crippen molar-refractivity contribution in [2.75, 3.05) is 5.73 Å². The Bertz CT molecular complexity index is 675. The predicted octanol–water partition coefficient (Wildman–Crippen LogP) is 2.44. The second-order valence-electron chi connectivity index (χ2n) is 3.92. The van der Waals surface area contributed by atoms with Crippen molar-refractivity contribution < 1.29 is 19.2 Å². The molecule has 1 aromatic carbocycles. The molecule has 0 aliphatic carbocycles. The fraction of sp³-hybridized carbons (Fsp3) is 0.0833. The van der Waals surface area contributed by atoms with Crippen LogP contribution >= 0.6 is 0 Å². The lowest BCUT2D eigenvalue weighted by molar-refractivity contribution is -0.384. The van der Waals surface area contributed by atoms with Gasteiger partial charge in [-0.15, -0.1) is 0 Å². The third-order valence-corrected chi connectivity index (χ3v) is 2.63. The summed E-state index contributed by atoms with van der Waals surface area (Å²) < 4.78 is 5.27. The van der Waals surface area contributed by atoms with Crippen molar-refractivity contribution in [1.29, 1.82) is 0 Å². The van der Waals surface area contributed by atoms with Gasteiger partial charge in [-0.3, -0.25) is 10.1 Å². The zero-order valence-electron chi connectivity index (χ0n) is 9.91. The van der Waals surface area contributed by atoms with E-state index in [0.29, 0.717) is 0 Å². The molecule has 0 radical (unpaired) electrons. The number of aryl methyl sites for hydroxylation is 1. The van der Waals surface area contributed by atoms with E-state index in [4.69, 9.17) is 15.3 Å². The van der Waals surface area contributed by atoms with E-state index in [1.54, 1.807) is 0 Å². The minimum Gasteiger partial charge on any atom is -0.478 e. The molecule has 0 aliphatic heterocycles. The normalized spacial score (nSPS) is 10.4. The van der Waals surface area contributed by atoms with Crippen molar-refractivity contribution in [2.24, 2.45) is 0 Å². The van der Waals surface area contributed by atoms with Crippen LogP contribution in [0, 0.1) is 17.0 Å². The number of nitrogens with two attached hydrogens (primary N) is 1. The Kier molecular flexibility index (Phi) is 2.95. The van der Waals surface area contributed by atoms with Crippen LogP contribution in [0.4, 0.5) is 11.4 Å². The number of rotatable bonds is 3. The smallest absolute Gasteiger partial charge is 0.339 e. The molecular weight excluding hydrogens is 252 g/mol. The summed E-state index contributed by atoms with van der Waals surface area (Å²) in [6, 6.07) is 5.38. The Hall–Kier alpha value is -2.83. The third kappa shape index (κ3) is 2.25. The van der Waals surface area contributed by atoms with Gasteiger partial charge < -0.3 is 15.3 Å². The molecule has 0 atom stereocenters. The van der Waals surface area contributed by atoms with E-state index in [0.717, 1.165) is 0 Å². The van der Waals surface area contributed by atoms with Crippen LogP contribution in [0.1, 0.15) is 16.1 Å². The molecule has 0 spiro atoms. The lowest BCUT2D eigenvalue weighted by Crippen LogP contribution is -1.95. The Morgan fingerprint density at radius 2 is 2.11 bits per heavy atom. The molecule has 3 N–H and O–H groups in total. The molecule has 0 fully saturated rings. The summed E-state index contributed by atoms with van der Waals surface area (Å²) in [5.74, 6) is -0.833. The number of hydrogen-bond acceptors (Lipinski definition) is 5. The molecule has 2 rings (SSSR count). The van der Waals surface area contributed by atoms with Crippen LogP contribution in [0.25, 0.3) is 11.3 Å². The predicted molar refractivity (Wildman–Crippen MR) is 66.9 cm³/mol. The molecule has 2 aromatic rings. The number of benzene rings is 1. The number of nitro groups is 1. The van der Waals surface area contributed by atoms with Crippen LogP contribution in [0.2, 0.25) is 0 Å². The highest BCUT2D eigenvalue weighted by atomic mass is 16.6. The van der Waals surface area contributed by atoms with Gasteiger partial charge in [-0.2, -0.15) is 0 Å². The number of carboxylic acids is 1. The van der Waals surface area contributed by atoms with Crippen molar-refractivity contribution in [3.8, 4) is 11.3 Å². The molecule has 0 unspecified atom stereocenters. The van der Waals surface area contributed by atoms with E-state index in [2.05, 4.69) is 0 Å². The molecular formula is C12H10N2O5. The second-order valence-corrected chi connectivity index (χ2v) is 3.92. The van der Waals surface area contributed by atoms with E-state index in [1.165, 1.54) is 31.2 Å². The van der Waals surface area contributed by atoms with Gasteiger partial charge in [-0.05, 0) is 25.1 Å². The van der Waals surface area contributed by atoms with Gasteiger partial charge in [-0.1, -0.05) is 0 Å². The fourth-order valence-electron chi connectivity index (χ4n) is 1.74. The highest BCUT2D eigenvalue weighted by molar-refractivity contribution is 5.90. The van der Waals surface area contributed by atoms with Crippen LogP contribution < -0.4 is 5.73 Å². The highest BCUT2D eigenvalue weighted by Crippen LogP contribution is 2.34. The number of nitrogens with zero attached hydrogens (tertiary/aromatic N) is 1. The average molecular weight is 262 g/mol. The number of carboxylic acid groups (broad SMARTS) is 1. The fourth-order valence-corrected chi connectivity index (χ4v) is 1.74. The van der Waals surface area contributed by atoms with Crippen LogP contribution in [0.15, 0.2) is 28.7 Å². The molecule has 7 heteroatoms. The molecule has 19 heavy (non-hydrogen) atoms. The number of nitrogen functional groups attached to an aromatic ring is 1. The van der Waals surface area contributed by atoms with Crippen molar-refractivity contribution in [1.82, 2.24) is 0 Å². The first-order valence-corrected chi connectivity index (χ1v) is 5.28. The number of carbonyl (C=O) groups is 1. The standard InChI is InChI=1S/C12H10N2O5/c1-6-9(12(15)16)5-11(19-6)8-3-2-7(13)4-10(8)14(17)18/h2-5H,13H2,1H3,(H,15,16). The summed E-state index contributed by atoms with van der Waals surface area (Å²) >= 11 is 0. The first kappa shape index (κ1) is 12.6. The lowest BCUT2D eigenvalue weighted by Gasteiger charge is -2.00. The minimum atomic E-state index is -1.15. The highest BCUT2D eigenvalue weighted by Gasteiger charge is 2.21. The number of nitro benzene ring substituents is 1. The molecule has 0 saturated carbocycles. The van der Waals surface area contributed by atoms with Gasteiger partial charge in [0.15, 0.2) is 0 Å². The van der Waals surface area contributed by atoms with Gasteiger partial charge in [0.25, 0.3) is 5.69 Å². The monoisotopic (exact) mass is 262 g/mol. The topological polar surface area (TPSA) is 120 Å². The van der Waals surface area contributed by atoms with Crippen molar-refractivity contribution in [2.45, 2.75) is 6.92 Å². The van der Waals surface area contributed by atoms with Gasteiger partial charge in [0.05, 0.1) is 10.5 Å². The van der Waals surface area contributed by atoms with E-state index in [9.17, 15) is 14.9 Å². The summed E-state index contributed by atoms with van der Waals surface area (Å²) in [5.41, 5.74) is 5.68. The van der Waals surface area contributed by atoms with Gasteiger partial charge in [0.1, 0.15) is 17.1 Å². The largest absolute Gasteiger partial charge is 0.478 e. The number of furan rings is 1. The summed E-state index contributed by atoms with van der Waals surface area (Å²) in [5, 5.41) is 19.9. The number of anilines is 1. The Morgan fingerprint density at radius 3 is 2.63 bits per heavy atom.